The van der Waals surface area contributed by atoms with Crippen molar-refractivity contribution in [2.75, 3.05) is 13.1 Å². The third-order valence-electron chi connectivity index (χ3n) is 6.94. The van der Waals surface area contributed by atoms with Crippen molar-refractivity contribution < 1.29 is 23.1 Å². The number of aromatic nitrogens is 1. The van der Waals surface area contributed by atoms with Gasteiger partial charge in [0.25, 0.3) is 0 Å². The second-order valence-electron chi connectivity index (χ2n) is 10.6. The molecule has 0 bridgehead atoms. The van der Waals surface area contributed by atoms with Crippen LogP contribution in [-0.2, 0) is 26.0 Å². The number of thiazole rings is 1. The Hall–Kier alpha value is -2.86. The molecule has 3 rings (SSSR count). The summed E-state index contributed by atoms with van der Waals surface area (Å²) in [5, 5.41) is 17.1. The van der Waals surface area contributed by atoms with Crippen LogP contribution in [0.5, 0.6) is 0 Å². The maximum absolute atomic E-state index is 13.9. The van der Waals surface area contributed by atoms with E-state index in [1.807, 2.05) is 58.0 Å². The summed E-state index contributed by atoms with van der Waals surface area (Å²) in [5.74, 6) is -0.918. The third-order valence-corrected chi connectivity index (χ3v) is 9.56. The van der Waals surface area contributed by atoms with Crippen LogP contribution in [0.4, 0.5) is 0 Å². The summed E-state index contributed by atoms with van der Waals surface area (Å²) in [6.45, 7) is 8.94. The predicted octanol–water partition coefficient (Wildman–Crippen LogP) is 3.58. The van der Waals surface area contributed by atoms with Crippen molar-refractivity contribution in [3.63, 3.8) is 0 Å². The molecule has 0 aliphatic heterocycles. The van der Waals surface area contributed by atoms with Gasteiger partial charge in [0.1, 0.15) is 6.04 Å². The van der Waals surface area contributed by atoms with Crippen LogP contribution < -0.4 is 10.6 Å². The number of amides is 2. The number of hydrogen-bond donors (Lipinski definition) is 3. The highest BCUT2D eigenvalue weighted by atomic mass is 32.2. The monoisotopic (exact) mass is 588 g/mol. The van der Waals surface area contributed by atoms with E-state index in [1.165, 1.54) is 28.6 Å². The van der Waals surface area contributed by atoms with Gasteiger partial charge in [-0.15, -0.1) is 11.3 Å². The Balaban J connectivity index is 1.92. The fourth-order valence-electron chi connectivity index (χ4n) is 4.41. The van der Waals surface area contributed by atoms with Crippen molar-refractivity contribution >= 4 is 43.4 Å². The fourth-order valence-corrected chi connectivity index (χ4v) is 6.80. The summed E-state index contributed by atoms with van der Waals surface area (Å²) in [7, 11) is -3.97. The number of rotatable bonds is 14. The number of hydrogen-bond acceptors (Lipinski definition) is 7. The first-order valence-corrected chi connectivity index (χ1v) is 15.9. The molecule has 4 atom stereocenters. The molecule has 0 radical (unpaired) electrons. The second kappa shape index (κ2) is 14.2. The smallest absolute Gasteiger partial charge is 0.243 e. The molecule has 2 amide bonds. The first kappa shape index (κ1) is 31.7. The lowest BCUT2D eigenvalue weighted by Gasteiger charge is -2.32. The van der Waals surface area contributed by atoms with Gasteiger partial charge in [0.15, 0.2) is 0 Å². The molecule has 3 aromatic rings. The highest BCUT2D eigenvalue weighted by molar-refractivity contribution is 7.89. The maximum atomic E-state index is 13.9. The van der Waals surface area contributed by atoms with Crippen molar-refractivity contribution in [3.8, 4) is 0 Å². The van der Waals surface area contributed by atoms with Gasteiger partial charge in [-0.3, -0.25) is 9.59 Å². The minimum atomic E-state index is -3.97. The topological polar surface area (TPSA) is 129 Å². The van der Waals surface area contributed by atoms with E-state index in [0.29, 0.717) is 0 Å². The molecule has 0 spiro atoms. The van der Waals surface area contributed by atoms with Crippen LogP contribution in [0.25, 0.3) is 10.2 Å². The average Bonchev–Trinajstić information content (AvgIpc) is 3.39. The summed E-state index contributed by atoms with van der Waals surface area (Å²) < 4.78 is 29.8. The van der Waals surface area contributed by atoms with Gasteiger partial charge in [-0.2, -0.15) is 4.31 Å². The Bertz CT molecular complexity index is 1380. The molecule has 11 heteroatoms. The minimum absolute atomic E-state index is 0.0429. The van der Waals surface area contributed by atoms with Crippen LogP contribution in [0.15, 0.2) is 58.9 Å². The van der Waals surface area contributed by atoms with Gasteiger partial charge < -0.3 is 15.7 Å². The number of carbonyl (C=O) groups excluding carboxylic acids is 2. The van der Waals surface area contributed by atoms with Crippen LogP contribution in [0.3, 0.4) is 0 Å². The molecule has 1 heterocycles. The molecule has 0 aliphatic carbocycles. The first-order chi connectivity index (χ1) is 18.9. The van der Waals surface area contributed by atoms with Gasteiger partial charge in [-0.05, 0) is 42.0 Å². The molecular formula is C29H40N4O5S2. The Morgan fingerprint density at radius 2 is 1.75 bits per heavy atom. The van der Waals surface area contributed by atoms with Gasteiger partial charge in [0, 0.05) is 20.0 Å². The lowest BCUT2D eigenvalue weighted by atomic mass is 9.98. The highest BCUT2D eigenvalue weighted by Gasteiger charge is 2.33. The van der Waals surface area contributed by atoms with Crippen LogP contribution in [0.2, 0.25) is 0 Å². The van der Waals surface area contributed by atoms with Crippen LogP contribution >= 0.6 is 11.3 Å². The lowest BCUT2D eigenvalue weighted by Crippen LogP contribution is -2.56. The Kier molecular flexibility index (Phi) is 11.2. The molecule has 0 unspecified atom stereocenters. The summed E-state index contributed by atoms with van der Waals surface area (Å²) in [5.41, 5.74) is 3.27. The van der Waals surface area contributed by atoms with Gasteiger partial charge in [-0.25, -0.2) is 13.4 Å². The standard InChI is InChI=1S/C29H40N4O5S2/c1-6-20(4)16-33(40(37,38)23-12-13-24-27(15-23)39-18-30-24)17-26(35)25(14-22-10-8-7-9-11-22)32-29(36)28(19(2)3)31-21(5)34/h7-13,15,18-20,25-26,28,35H,6,14,16-17H2,1-5H3,(H,31,34)(H,32,36)/t20-,25-,26+,28-/m0/s1. The van der Waals surface area contributed by atoms with E-state index in [9.17, 15) is 23.1 Å². The summed E-state index contributed by atoms with van der Waals surface area (Å²) in [6.07, 6.45) is -0.185. The number of nitrogens with one attached hydrogen (secondary N) is 2. The summed E-state index contributed by atoms with van der Waals surface area (Å²) in [4.78, 5) is 29.4. The zero-order valence-electron chi connectivity index (χ0n) is 23.7. The Morgan fingerprint density at radius 1 is 1.05 bits per heavy atom. The normalized spacial score (nSPS) is 15.1. The fraction of sp³-hybridized carbons (Fsp3) is 0.483. The van der Waals surface area contributed by atoms with E-state index in [2.05, 4.69) is 15.6 Å². The highest BCUT2D eigenvalue weighted by Crippen LogP contribution is 2.25. The quantitative estimate of drug-likeness (QED) is 0.264. The van der Waals surface area contributed by atoms with Crippen molar-refractivity contribution in [1.82, 2.24) is 19.9 Å². The molecule has 2 aromatic carbocycles. The molecular weight excluding hydrogens is 548 g/mol. The van der Waals surface area contributed by atoms with E-state index in [-0.39, 0.29) is 42.1 Å². The molecule has 9 nitrogen and oxygen atoms in total. The van der Waals surface area contributed by atoms with Crippen molar-refractivity contribution in [3.05, 3.63) is 59.6 Å². The SMILES string of the molecule is CC[C@H](C)CN(C[C@@H](O)[C@H](Cc1ccccc1)NC(=O)[C@@H](NC(C)=O)C(C)C)S(=O)(=O)c1ccc2ncsc2c1. The molecule has 0 saturated carbocycles. The lowest BCUT2D eigenvalue weighted by molar-refractivity contribution is -0.130. The van der Waals surface area contributed by atoms with E-state index < -0.39 is 34.1 Å². The summed E-state index contributed by atoms with van der Waals surface area (Å²) in [6, 6.07) is 12.6. The zero-order chi connectivity index (χ0) is 29.4. The van der Waals surface area contributed by atoms with Gasteiger partial charge >= 0.3 is 0 Å². The van der Waals surface area contributed by atoms with E-state index in [0.717, 1.165) is 22.2 Å². The van der Waals surface area contributed by atoms with Crippen molar-refractivity contribution in [2.24, 2.45) is 11.8 Å². The molecule has 40 heavy (non-hydrogen) atoms. The molecule has 1 aromatic heterocycles. The number of aliphatic hydroxyl groups excluding tert-OH is 1. The first-order valence-electron chi connectivity index (χ1n) is 13.5. The molecule has 218 valence electrons. The third kappa shape index (κ3) is 8.33. The number of nitrogens with zero attached hydrogens (tertiary/aromatic N) is 2. The van der Waals surface area contributed by atoms with Gasteiger partial charge in [0.05, 0.1) is 32.8 Å². The predicted molar refractivity (Wildman–Crippen MR) is 158 cm³/mol. The number of benzene rings is 2. The molecule has 3 N–H and O–H groups in total. The average molecular weight is 589 g/mol. The van der Waals surface area contributed by atoms with Crippen LogP contribution in [0.1, 0.15) is 46.6 Å². The van der Waals surface area contributed by atoms with Crippen molar-refractivity contribution in [2.45, 2.75) is 70.5 Å². The molecule has 0 saturated heterocycles. The molecule has 0 aliphatic rings. The Labute approximate surface area is 241 Å². The number of sulfonamides is 1. The van der Waals surface area contributed by atoms with Gasteiger partial charge in [0.2, 0.25) is 21.8 Å². The van der Waals surface area contributed by atoms with E-state index in [1.54, 1.807) is 17.6 Å². The van der Waals surface area contributed by atoms with Crippen LogP contribution in [0, 0.1) is 11.8 Å². The summed E-state index contributed by atoms with van der Waals surface area (Å²) >= 11 is 1.36. The number of fused-ring (bicyclic) bond motifs is 1. The van der Waals surface area contributed by atoms with E-state index in [4.69, 9.17) is 0 Å². The number of carbonyl (C=O) groups is 2. The molecule has 0 fully saturated rings. The minimum Gasteiger partial charge on any atom is -0.390 e. The maximum Gasteiger partial charge on any atom is 0.243 e. The van der Waals surface area contributed by atoms with Gasteiger partial charge in [-0.1, -0.05) is 64.4 Å². The second-order valence-corrected chi connectivity index (χ2v) is 13.4. The largest absolute Gasteiger partial charge is 0.390 e. The number of aliphatic hydroxyl groups is 1. The van der Waals surface area contributed by atoms with E-state index >= 15 is 0 Å². The zero-order valence-corrected chi connectivity index (χ0v) is 25.3. The van der Waals surface area contributed by atoms with Crippen molar-refractivity contribution in [1.29, 1.82) is 0 Å². The Morgan fingerprint density at radius 3 is 2.38 bits per heavy atom. The van der Waals surface area contributed by atoms with Crippen LogP contribution in [-0.4, -0.2) is 65.9 Å².